The number of nitrogens with zero attached hydrogens (tertiary/aromatic N) is 1. The molecular weight excluding hydrogens is 282 g/mol. The number of rotatable bonds is 7. The van der Waals surface area contributed by atoms with E-state index in [0.717, 1.165) is 12.8 Å². The highest BCUT2D eigenvalue weighted by Crippen LogP contribution is 2.17. The Morgan fingerprint density at radius 3 is 2.50 bits per heavy atom. The van der Waals surface area contributed by atoms with Crippen molar-refractivity contribution in [2.75, 3.05) is 13.7 Å². The summed E-state index contributed by atoms with van der Waals surface area (Å²) in [5.74, 6) is -0.208. The number of hydrogen-bond acceptors (Lipinski definition) is 4. The summed E-state index contributed by atoms with van der Waals surface area (Å²) in [7, 11) is 1.53. The van der Waals surface area contributed by atoms with Gasteiger partial charge in [0.2, 0.25) is 0 Å². The first-order chi connectivity index (χ1) is 10.4. The Labute approximate surface area is 130 Å². The fourth-order valence-corrected chi connectivity index (χ4v) is 2.54. The monoisotopic (exact) mass is 305 g/mol. The smallest absolute Gasteiger partial charge is 0.324 e. The summed E-state index contributed by atoms with van der Waals surface area (Å²) in [6, 6.07) is 9.61. The summed E-state index contributed by atoms with van der Waals surface area (Å²) < 4.78 is 0. The maximum absolute atomic E-state index is 12.2. The van der Waals surface area contributed by atoms with Crippen LogP contribution in [0.5, 0.6) is 0 Å². The third-order valence-electron chi connectivity index (χ3n) is 3.76. The second kappa shape index (κ2) is 6.89. The van der Waals surface area contributed by atoms with E-state index in [1.165, 1.54) is 17.6 Å². The molecule has 1 unspecified atom stereocenters. The number of hydroxylamine groups is 1. The van der Waals surface area contributed by atoms with Crippen LogP contribution in [0.3, 0.4) is 0 Å². The lowest BCUT2D eigenvalue weighted by molar-refractivity contribution is -0.130. The van der Waals surface area contributed by atoms with Gasteiger partial charge in [0.1, 0.15) is 5.54 Å². The fraction of sp³-hybridized carbons (Fsp3) is 0.500. The topological polar surface area (TPSA) is 70.7 Å². The van der Waals surface area contributed by atoms with Gasteiger partial charge in [-0.1, -0.05) is 30.3 Å². The largest absolute Gasteiger partial charge is 0.325 e. The number of aryl methyl sites for hydroxylation is 1. The van der Waals surface area contributed by atoms with Crippen LogP contribution >= 0.6 is 0 Å². The van der Waals surface area contributed by atoms with Gasteiger partial charge in [0.15, 0.2) is 0 Å². The lowest BCUT2D eigenvalue weighted by atomic mass is 10.0. The van der Waals surface area contributed by atoms with Crippen molar-refractivity contribution in [3.63, 3.8) is 0 Å². The molecule has 120 valence electrons. The number of benzene rings is 1. The molecule has 1 atom stereocenters. The van der Waals surface area contributed by atoms with E-state index in [4.69, 9.17) is 4.84 Å². The minimum Gasteiger partial charge on any atom is -0.324 e. The molecule has 6 heteroatoms. The van der Waals surface area contributed by atoms with Gasteiger partial charge in [-0.05, 0) is 32.3 Å². The molecule has 0 bridgehead atoms. The van der Waals surface area contributed by atoms with Crippen LogP contribution in [0.15, 0.2) is 30.3 Å². The third-order valence-corrected chi connectivity index (χ3v) is 3.76. The first-order valence-corrected chi connectivity index (χ1v) is 7.40. The first-order valence-electron chi connectivity index (χ1n) is 7.40. The molecule has 0 aromatic heterocycles. The van der Waals surface area contributed by atoms with Gasteiger partial charge in [-0.25, -0.2) is 4.79 Å². The van der Waals surface area contributed by atoms with E-state index in [0.29, 0.717) is 0 Å². The van der Waals surface area contributed by atoms with Crippen LogP contribution < -0.4 is 10.8 Å². The summed E-state index contributed by atoms with van der Waals surface area (Å²) in [6.45, 7) is 3.70. The Bertz CT molecular complexity index is 531. The molecule has 1 aromatic carbocycles. The number of carbonyl (C=O) groups is 2. The second-order valence-corrected chi connectivity index (χ2v) is 6.01. The van der Waals surface area contributed by atoms with E-state index in [1.54, 1.807) is 13.8 Å². The Balaban J connectivity index is 1.97. The molecular formula is C16H23N3O3. The molecule has 6 nitrogen and oxygen atoms in total. The number of nitrogens with one attached hydrogen (secondary N) is 2. The van der Waals surface area contributed by atoms with Crippen molar-refractivity contribution in [1.29, 1.82) is 0 Å². The summed E-state index contributed by atoms with van der Waals surface area (Å²) in [6.07, 6.45) is 1.60. The SMILES string of the molecule is CONC(CCc1ccccc1)CN1C(=O)NC(C)(C)C1=O. The molecule has 1 aromatic rings. The zero-order valence-corrected chi connectivity index (χ0v) is 13.3. The maximum Gasteiger partial charge on any atom is 0.325 e. The molecule has 1 aliphatic rings. The molecule has 0 spiro atoms. The Morgan fingerprint density at radius 1 is 1.27 bits per heavy atom. The van der Waals surface area contributed by atoms with Crippen molar-refractivity contribution >= 4 is 11.9 Å². The summed E-state index contributed by atoms with van der Waals surface area (Å²) in [5.41, 5.74) is 3.25. The van der Waals surface area contributed by atoms with Gasteiger partial charge in [-0.15, -0.1) is 0 Å². The van der Waals surface area contributed by atoms with Gasteiger partial charge >= 0.3 is 6.03 Å². The van der Waals surface area contributed by atoms with Gasteiger partial charge in [0.25, 0.3) is 5.91 Å². The number of urea groups is 1. The molecule has 3 amide bonds. The Morgan fingerprint density at radius 2 is 1.95 bits per heavy atom. The van der Waals surface area contributed by atoms with Gasteiger partial charge in [0, 0.05) is 6.54 Å². The van der Waals surface area contributed by atoms with Gasteiger partial charge in [-0.3, -0.25) is 9.69 Å². The highest BCUT2D eigenvalue weighted by atomic mass is 16.6. The minimum absolute atomic E-state index is 0.117. The van der Waals surface area contributed by atoms with Crippen LogP contribution in [0, 0.1) is 0 Å². The quantitative estimate of drug-likeness (QED) is 0.591. The Kier molecular flexibility index (Phi) is 5.15. The van der Waals surface area contributed by atoms with Crippen molar-refractivity contribution < 1.29 is 14.4 Å². The molecule has 1 aliphatic heterocycles. The van der Waals surface area contributed by atoms with E-state index in [2.05, 4.69) is 22.9 Å². The van der Waals surface area contributed by atoms with Crippen molar-refractivity contribution in [2.24, 2.45) is 0 Å². The molecule has 1 fully saturated rings. The zero-order valence-electron chi connectivity index (χ0n) is 13.3. The highest BCUT2D eigenvalue weighted by molar-refractivity contribution is 6.06. The molecule has 0 saturated carbocycles. The zero-order chi connectivity index (χ0) is 16.2. The van der Waals surface area contributed by atoms with Crippen LogP contribution in [-0.2, 0) is 16.1 Å². The second-order valence-electron chi connectivity index (χ2n) is 6.01. The molecule has 0 radical (unpaired) electrons. The van der Waals surface area contributed by atoms with Crippen LogP contribution in [0.2, 0.25) is 0 Å². The molecule has 1 heterocycles. The highest BCUT2D eigenvalue weighted by Gasteiger charge is 2.44. The van der Waals surface area contributed by atoms with Crippen molar-refractivity contribution in [1.82, 2.24) is 15.7 Å². The predicted molar refractivity (Wildman–Crippen MR) is 83.0 cm³/mol. The first kappa shape index (κ1) is 16.5. The molecule has 2 rings (SSSR count). The number of imide groups is 1. The van der Waals surface area contributed by atoms with Gasteiger partial charge in [0.05, 0.1) is 13.2 Å². The normalized spacial score (nSPS) is 18.4. The average Bonchev–Trinajstić information content (AvgIpc) is 2.68. The molecule has 22 heavy (non-hydrogen) atoms. The standard InChI is InChI=1S/C16H23N3O3/c1-16(2)14(20)19(15(21)17-16)11-13(18-22-3)10-9-12-7-5-4-6-8-12/h4-8,13,18H,9-11H2,1-3H3,(H,17,21). The van der Waals surface area contributed by atoms with E-state index < -0.39 is 5.54 Å². The number of amides is 3. The number of carbonyl (C=O) groups excluding carboxylic acids is 2. The summed E-state index contributed by atoms with van der Waals surface area (Å²) in [5, 5.41) is 2.68. The predicted octanol–water partition coefficient (Wildman–Crippen LogP) is 1.47. The molecule has 1 saturated heterocycles. The van der Waals surface area contributed by atoms with E-state index in [9.17, 15) is 9.59 Å². The van der Waals surface area contributed by atoms with Crippen molar-refractivity contribution in [3.8, 4) is 0 Å². The van der Waals surface area contributed by atoms with E-state index >= 15 is 0 Å². The van der Waals surface area contributed by atoms with E-state index in [-0.39, 0.29) is 24.5 Å². The maximum atomic E-state index is 12.2. The van der Waals surface area contributed by atoms with Crippen molar-refractivity contribution in [3.05, 3.63) is 35.9 Å². The van der Waals surface area contributed by atoms with Crippen LogP contribution in [0.4, 0.5) is 4.79 Å². The van der Waals surface area contributed by atoms with Gasteiger partial charge < -0.3 is 10.2 Å². The number of hydrogen-bond donors (Lipinski definition) is 2. The molecule has 0 aliphatic carbocycles. The van der Waals surface area contributed by atoms with Crippen LogP contribution in [0.1, 0.15) is 25.8 Å². The Hall–Kier alpha value is -1.92. The van der Waals surface area contributed by atoms with Crippen LogP contribution in [0.25, 0.3) is 0 Å². The average molecular weight is 305 g/mol. The van der Waals surface area contributed by atoms with Gasteiger partial charge in [-0.2, -0.15) is 5.48 Å². The lowest BCUT2D eigenvalue weighted by Gasteiger charge is -2.23. The third kappa shape index (κ3) is 3.84. The summed E-state index contributed by atoms with van der Waals surface area (Å²) in [4.78, 5) is 30.4. The fourth-order valence-electron chi connectivity index (χ4n) is 2.54. The van der Waals surface area contributed by atoms with Crippen molar-refractivity contribution in [2.45, 2.75) is 38.3 Å². The summed E-state index contributed by atoms with van der Waals surface area (Å²) >= 11 is 0. The van der Waals surface area contributed by atoms with E-state index in [1.807, 2.05) is 18.2 Å². The van der Waals surface area contributed by atoms with Crippen LogP contribution in [-0.4, -0.2) is 42.1 Å². The molecule has 2 N–H and O–H groups in total. The lowest BCUT2D eigenvalue weighted by Crippen LogP contribution is -2.45. The minimum atomic E-state index is -0.839.